The van der Waals surface area contributed by atoms with Crippen LogP contribution in [-0.2, 0) is 9.53 Å². The topological polar surface area (TPSA) is 68.5 Å². The van der Waals surface area contributed by atoms with Crippen LogP contribution in [0.15, 0.2) is 39.8 Å². The van der Waals surface area contributed by atoms with E-state index in [9.17, 15) is 9.59 Å². The second-order valence-electron chi connectivity index (χ2n) is 5.43. The maximum atomic E-state index is 12.6. The van der Waals surface area contributed by atoms with E-state index in [0.717, 1.165) is 16.0 Å². The van der Waals surface area contributed by atoms with Crippen molar-refractivity contribution in [3.8, 4) is 0 Å². The van der Waals surface area contributed by atoms with E-state index < -0.39 is 6.04 Å². The Morgan fingerprint density at radius 3 is 2.42 bits per heavy atom. The Hall–Kier alpha value is -2.21. The third kappa shape index (κ3) is 4.20. The highest BCUT2D eigenvalue weighted by molar-refractivity contribution is 7.98. The molecule has 1 heterocycles. The molecule has 0 aliphatic heterocycles. The number of furan rings is 1. The second kappa shape index (κ2) is 8.06. The van der Waals surface area contributed by atoms with E-state index in [2.05, 4.69) is 5.32 Å². The van der Waals surface area contributed by atoms with Crippen molar-refractivity contribution in [3.63, 3.8) is 0 Å². The van der Waals surface area contributed by atoms with Crippen LogP contribution >= 0.6 is 11.8 Å². The first-order valence-corrected chi connectivity index (χ1v) is 8.75. The second-order valence-corrected chi connectivity index (χ2v) is 6.31. The number of esters is 1. The van der Waals surface area contributed by atoms with Crippen molar-refractivity contribution in [1.82, 2.24) is 5.32 Å². The molecule has 1 atom stereocenters. The fourth-order valence-corrected chi connectivity index (χ4v) is 2.89. The van der Waals surface area contributed by atoms with Gasteiger partial charge in [-0.15, -0.1) is 11.8 Å². The van der Waals surface area contributed by atoms with Crippen LogP contribution < -0.4 is 5.32 Å². The van der Waals surface area contributed by atoms with Gasteiger partial charge in [0, 0.05) is 10.5 Å². The number of carbonyl (C=O) groups is 2. The average molecular weight is 347 g/mol. The molecule has 2 rings (SSSR count). The minimum atomic E-state index is -0.463. The van der Waals surface area contributed by atoms with E-state index in [4.69, 9.17) is 9.15 Å². The molecule has 1 amide bonds. The van der Waals surface area contributed by atoms with Crippen LogP contribution in [0.3, 0.4) is 0 Å². The van der Waals surface area contributed by atoms with Gasteiger partial charge in [0.25, 0.3) is 5.91 Å². The van der Waals surface area contributed by atoms with Gasteiger partial charge in [-0.25, -0.2) is 0 Å². The molecule has 0 spiro atoms. The standard InChI is InChI=1S/C18H21NO4S/c1-11-10-23-12(2)17(11)18(21)19-15(9-16(20)22-3)13-5-7-14(24-4)8-6-13/h5-8,10,15H,9H2,1-4H3,(H,19,21)/t15-/m0/s1. The largest absolute Gasteiger partial charge is 0.469 e. The molecule has 0 radical (unpaired) electrons. The number of aryl methyl sites for hydroxylation is 2. The number of carbonyl (C=O) groups excluding carboxylic acids is 2. The van der Waals surface area contributed by atoms with Crippen LogP contribution in [-0.4, -0.2) is 25.2 Å². The molecule has 0 saturated heterocycles. The fraction of sp³-hybridized carbons (Fsp3) is 0.333. The van der Waals surface area contributed by atoms with Crippen LogP contribution in [0.4, 0.5) is 0 Å². The lowest BCUT2D eigenvalue weighted by Crippen LogP contribution is -2.31. The molecule has 0 unspecified atom stereocenters. The molecular formula is C18H21NO4S. The predicted octanol–water partition coefficient (Wildman–Crippen LogP) is 3.65. The van der Waals surface area contributed by atoms with E-state index in [1.807, 2.05) is 37.4 Å². The number of hydrogen-bond acceptors (Lipinski definition) is 5. The SMILES string of the molecule is COC(=O)C[C@H](NC(=O)c1c(C)coc1C)c1ccc(SC)cc1. The molecule has 0 fully saturated rings. The van der Waals surface area contributed by atoms with Crippen molar-refractivity contribution in [1.29, 1.82) is 0 Å². The molecule has 1 N–H and O–H groups in total. The summed E-state index contributed by atoms with van der Waals surface area (Å²) in [5, 5.41) is 2.91. The maximum absolute atomic E-state index is 12.6. The van der Waals surface area contributed by atoms with Crippen molar-refractivity contribution < 1.29 is 18.7 Å². The highest BCUT2D eigenvalue weighted by atomic mass is 32.2. The minimum Gasteiger partial charge on any atom is -0.469 e. The lowest BCUT2D eigenvalue weighted by Gasteiger charge is -2.18. The van der Waals surface area contributed by atoms with Crippen LogP contribution in [0.5, 0.6) is 0 Å². The Bertz CT molecular complexity index is 702. The van der Waals surface area contributed by atoms with Crippen molar-refractivity contribution in [2.45, 2.75) is 31.2 Å². The lowest BCUT2D eigenvalue weighted by atomic mass is 10.0. The van der Waals surface area contributed by atoms with Gasteiger partial charge in [0.15, 0.2) is 0 Å². The fourth-order valence-electron chi connectivity index (χ4n) is 2.48. The first kappa shape index (κ1) is 18.1. The number of thioether (sulfide) groups is 1. The highest BCUT2D eigenvalue weighted by Gasteiger charge is 2.23. The summed E-state index contributed by atoms with van der Waals surface area (Å²) in [6.45, 7) is 3.55. The molecule has 128 valence electrons. The number of amides is 1. The molecular weight excluding hydrogens is 326 g/mol. The van der Waals surface area contributed by atoms with E-state index in [0.29, 0.717) is 11.3 Å². The smallest absolute Gasteiger partial charge is 0.307 e. The average Bonchev–Trinajstić information content (AvgIpc) is 2.92. The summed E-state index contributed by atoms with van der Waals surface area (Å²) >= 11 is 1.63. The van der Waals surface area contributed by atoms with E-state index in [1.54, 1.807) is 24.9 Å². The Kier molecular flexibility index (Phi) is 6.09. The third-order valence-corrected chi connectivity index (χ3v) is 4.55. The molecule has 5 nitrogen and oxygen atoms in total. The number of nitrogens with one attached hydrogen (secondary N) is 1. The summed E-state index contributed by atoms with van der Waals surface area (Å²) in [6, 6.07) is 7.29. The summed E-state index contributed by atoms with van der Waals surface area (Å²) < 4.78 is 10.0. The summed E-state index contributed by atoms with van der Waals surface area (Å²) in [4.78, 5) is 25.4. The Morgan fingerprint density at radius 1 is 1.25 bits per heavy atom. The van der Waals surface area contributed by atoms with Crippen LogP contribution in [0.2, 0.25) is 0 Å². The summed E-state index contributed by atoms with van der Waals surface area (Å²) in [7, 11) is 1.34. The van der Waals surface area contributed by atoms with E-state index >= 15 is 0 Å². The van der Waals surface area contributed by atoms with Gasteiger partial charge in [0.2, 0.25) is 0 Å². The monoisotopic (exact) mass is 347 g/mol. The number of methoxy groups -OCH3 is 1. The number of hydrogen-bond donors (Lipinski definition) is 1. The van der Waals surface area contributed by atoms with E-state index in [-0.39, 0.29) is 18.3 Å². The molecule has 1 aromatic heterocycles. The van der Waals surface area contributed by atoms with Crippen molar-refractivity contribution in [2.75, 3.05) is 13.4 Å². The van der Waals surface area contributed by atoms with Gasteiger partial charge in [-0.1, -0.05) is 12.1 Å². The molecule has 0 aliphatic carbocycles. The Balaban J connectivity index is 2.25. The Morgan fingerprint density at radius 2 is 1.92 bits per heavy atom. The van der Waals surface area contributed by atoms with Crippen molar-refractivity contribution in [2.24, 2.45) is 0 Å². The normalized spacial score (nSPS) is 11.8. The van der Waals surface area contributed by atoms with Gasteiger partial charge < -0.3 is 14.5 Å². The van der Waals surface area contributed by atoms with Crippen LogP contribution in [0.25, 0.3) is 0 Å². The Labute approximate surface area is 145 Å². The van der Waals surface area contributed by atoms with Gasteiger partial charge in [0.05, 0.1) is 31.4 Å². The van der Waals surface area contributed by atoms with Crippen LogP contribution in [0.1, 0.15) is 39.7 Å². The zero-order valence-electron chi connectivity index (χ0n) is 14.2. The quantitative estimate of drug-likeness (QED) is 0.638. The molecule has 0 saturated carbocycles. The summed E-state index contributed by atoms with van der Waals surface area (Å²) in [6.07, 6.45) is 3.61. The first-order valence-electron chi connectivity index (χ1n) is 7.52. The molecule has 6 heteroatoms. The predicted molar refractivity (Wildman–Crippen MR) is 93.2 cm³/mol. The van der Waals surface area contributed by atoms with Crippen LogP contribution in [0, 0.1) is 13.8 Å². The molecule has 1 aromatic carbocycles. The highest BCUT2D eigenvalue weighted by Crippen LogP contribution is 2.23. The van der Waals surface area contributed by atoms with Gasteiger partial charge in [0.1, 0.15) is 5.76 Å². The first-order chi connectivity index (χ1) is 11.5. The molecule has 0 aliphatic rings. The number of ether oxygens (including phenoxy) is 1. The zero-order valence-corrected chi connectivity index (χ0v) is 15.0. The molecule has 0 bridgehead atoms. The van der Waals surface area contributed by atoms with Gasteiger partial charge in [-0.05, 0) is 37.8 Å². The van der Waals surface area contributed by atoms with Crippen molar-refractivity contribution >= 4 is 23.6 Å². The van der Waals surface area contributed by atoms with Gasteiger partial charge >= 0.3 is 5.97 Å². The lowest BCUT2D eigenvalue weighted by molar-refractivity contribution is -0.141. The summed E-state index contributed by atoms with van der Waals surface area (Å²) in [5.74, 6) is -0.0870. The third-order valence-electron chi connectivity index (χ3n) is 3.81. The maximum Gasteiger partial charge on any atom is 0.307 e. The van der Waals surface area contributed by atoms with Gasteiger partial charge in [-0.2, -0.15) is 0 Å². The zero-order chi connectivity index (χ0) is 17.7. The van der Waals surface area contributed by atoms with E-state index in [1.165, 1.54) is 7.11 Å². The van der Waals surface area contributed by atoms with Gasteiger partial charge in [-0.3, -0.25) is 9.59 Å². The number of rotatable bonds is 6. The number of benzene rings is 1. The summed E-state index contributed by atoms with van der Waals surface area (Å²) in [5.41, 5.74) is 2.12. The molecule has 2 aromatic rings. The molecule has 24 heavy (non-hydrogen) atoms. The van der Waals surface area contributed by atoms with Crippen molar-refractivity contribution in [3.05, 3.63) is 53.0 Å². The minimum absolute atomic E-state index is 0.0663.